The van der Waals surface area contributed by atoms with Crippen LogP contribution in [0.2, 0.25) is 0 Å². The molecule has 0 aliphatic heterocycles. The molecule has 102 valence electrons. The number of aromatic nitrogens is 2. The van der Waals surface area contributed by atoms with Gasteiger partial charge in [0.25, 0.3) is 0 Å². The zero-order chi connectivity index (χ0) is 13.9. The molecule has 0 bridgehead atoms. The van der Waals surface area contributed by atoms with Crippen molar-refractivity contribution in [3.63, 3.8) is 0 Å². The normalized spacial score (nSPS) is 13.0. The number of hydrogen-bond donors (Lipinski definition) is 2. The highest BCUT2D eigenvalue weighted by atomic mass is 32.2. The van der Waals surface area contributed by atoms with Gasteiger partial charge in [0, 0.05) is 18.7 Å². The highest BCUT2D eigenvalue weighted by Crippen LogP contribution is 2.35. The van der Waals surface area contributed by atoms with Crippen molar-refractivity contribution in [3.8, 4) is 0 Å². The Morgan fingerprint density at radius 3 is 2.61 bits per heavy atom. The van der Waals surface area contributed by atoms with Crippen molar-refractivity contribution in [2.45, 2.75) is 30.9 Å². The van der Waals surface area contributed by atoms with Crippen molar-refractivity contribution in [1.82, 2.24) is 9.78 Å². The Hall–Kier alpha value is -1.12. The van der Waals surface area contributed by atoms with Crippen LogP contribution in [0.1, 0.15) is 25.5 Å². The standard InChI is InChI=1S/C10H17N3O4S/c1-6(2)8-9(13(16)17)10(12(3)11-8)18-5-7(15)4-14/h6-7,14-15H,4-5H2,1-3H3. The van der Waals surface area contributed by atoms with E-state index in [0.717, 1.165) is 11.8 Å². The third-order valence-electron chi connectivity index (χ3n) is 2.35. The Morgan fingerprint density at radius 2 is 2.17 bits per heavy atom. The quantitative estimate of drug-likeness (QED) is 0.454. The van der Waals surface area contributed by atoms with Crippen LogP contribution in [0.4, 0.5) is 5.69 Å². The summed E-state index contributed by atoms with van der Waals surface area (Å²) in [7, 11) is 1.63. The maximum absolute atomic E-state index is 11.1. The van der Waals surface area contributed by atoms with Gasteiger partial charge in [0.1, 0.15) is 5.69 Å². The van der Waals surface area contributed by atoms with Gasteiger partial charge in [-0.25, -0.2) is 0 Å². The van der Waals surface area contributed by atoms with Gasteiger partial charge >= 0.3 is 5.69 Å². The average Bonchev–Trinajstić information content (AvgIpc) is 2.63. The summed E-state index contributed by atoms with van der Waals surface area (Å²) in [6.07, 6.45) is -0.896. The number of rotatable bonds is 6. The molecule has 0 aromatic carbocycles. The summed E-state index contributed by atoms with van der Waals surface area (Å²) in [4.78, 5) is 10.7. The van der Waals surface area contributed by atoms with Crippen molar-refractivity contribution < 1.29 is 15.1 Å². The minimum atomic E-state index is -0.896. The number of nitro groups is 1. The van der Waals surface area contributed by atoms with Crippen LogP contribution >= 0.6 is 11.8 Å². The highest BCUT2D eigenvalue weighted by molar-refractivity contribution is 7.99. The van der Waals surface area contributed by atoms with Crippen LogP contribution in [0.5, 0.6) is 0 Å². The van der Waals surface area contributed by atoms with Gasteiger partial charge in [-0.2, -0.15) is 5.10 Å². The third kappa shape index (κ3) is 3.21. The van der Waals surface area contributed by atoms with E-state index in [1.165, 1.54) is 4.68 Å². The maximum Gasteiger partial charge on any atom is 0.324 e. The predicted octanol–water partition coefficient (Wildman–Crippen LogP) is 0.897. The molecule has 8 heteroatoms. The summed E-state index contributed by atoms with van der Waals surface area (Å²) >= 11 is 1.12. The van der Waals surface area contributed by atoms with Gasteiger partial charge < -0.3 is 10.2 Å². The number of aliphatic hydroxyl groups is 2. The molecule has 1 aromatic rings. The summed E-state index contributed by atoms with van der Waals surface area (Å²) in [5, 5.41) is 33.7. The molecule has 1 heterocycles. The predicted molar refractivity (Wildman–Crippen MR) is 67.8 cm³/mol. The van der Waals surface area contributed by atoms with Gasteiger partial charge in [0.05, 0.1) is 17.6 Å². The van der Waals surface area contributed by atoms with Gasteiger partial charge in [0.15, 0.2) is 5.03 Å². The average molecular weight is 275 g/mol. The van der Waals surface area contributed by atoms with E-state index in [1.807, 2.05) is 13.8 Å². The fourth-order valence-corrected chi connectivity index (χ4v) is 2.47. The second kappa shape index (κ2) is 6.17. The van der Waals surface area contributed by atoms with Crippen molar-refractivity contribution in [2.75, 3.05) is 12.4 Å². The number of nitrogens with zero attached hydrogens (tertiary/aromatic N) is 3. The summed E-state index contributed by atoms with van der Waals surface area (Å²) in [6.45, 7) is 3.31. The SMILES string of the molecule is CC(C)c1nn(C)c(SCC(O)CO)c1[N+](=O)[O-]. The first-order valence-corrected chi connectivity index (χ1v) is 6.50. The zero-order valence-electron chi connectivity index (χ0n) is 10.5. The minimum Gasteiger partial charge on any atom is -0.394 e. The minimum absolute atomic E-state index is 0.0114. The Kier molecular flexibility index (Phi) is 5.12. The fraction of sp³-hybridized carbons (Fsp3) is 0.700. The maximum atomic E-state index is 11.1. The van der Waals surface area contributed by atoms with Crippen LogP contribution in [-0.4, -0.2) is 43.4 Å². The van der Waals surface area contributed by atoms with Gasteiger partial charge in [-0.05, 0) is 0 Å². The van der Waals surface area contributed by atoms with Crippen molar-refractivity contribution in [1.29, 1.82) is 0 Å². The van der Waals surface area contributed by atoms with Crippen LogP contribution in [-0.2, 0) is 7.05 Å². The molecule has 1 atom stereocenters. The van der Waals surface area contributed by atoms with Crippen molar-refractivity contribution in [2.24, 2.45) is 7.05 Å². The molecular weight excluding hydrogens is 258 g/mol. The second-order valence-electron chi connectivity index (χ2n) is 4.22. The second-order valence-corrected chi connectivity index (χ2v) is 5.23. The lowest BCUT2D eigenvalue weighted by Crippen LogP contribution is -2.15. The van der Waals surface area contributed by atoms with E-state index in [1.54, 1.807) is 7.05 Å². The first-order chi connectivity index (χ1) is 8.38. The summed E-state index contributed by atoms with van der Waals surface area (Å²) < 4.78 is 1.45. The van der Waals surface area contributed by atoms with E-state index >= 15 is 0 Å². The van der Waals surface area contributed by atoms with Crippen LogP contribution in [0, 0.1) is 10.1 Å². The number of hydrogen-bond acceptors (Lipinski definition) is 6. The lowest BCUT2D eigenvalue weighted by Gasteiger charge is -2.06. The lowest BCUT2D eigenvalue weighted by molar-refractivity contribution is -0.388. The van der Waals surface area contributed by atoms with E-state index in [2.05, 4.69) is 5.10 Å². The zero-order valence-corrected chi connectivity index (χ0v) is 11.3. The summed E-state index contributed by atoms with van der Waals surface area (Å²) in [6, 6.07) is 0. The van der Waals surface area contributed by atoms with Crippen LogP contribution < -0.4 is 0 Å². The monoisotopic (exact) mass is 275 g/mol. The number of aryl methyl sites for hydroxylation is 1. The van der Waals surface area contributed by atoms with Gasteiger partial charge in [0.2, 0.25) is 0 Å². The van der Waals surface area contributed by atoms with Crippen LogP contribution in [0.3, 0.4) is 0 Å². The summed E-state index contributed by atoms with van der Waals surface area (Å²) in [5.41, 5.74) is 0.422. The molecular formula is C10H17N3O4S. The molecule has 0 amide bonds. The molecule has 18 heavy (non-hydrogen) atoms. The van der Waals surface area contributed by atoms with Gasteiger partial charge in [-0.3, -0.25) is 14.8 Å². The molecule has 0 fully saturated rings. The lowest BCUT2D eigenvalue weighted by atomic mass is 10.1. The molecule has 1 aromatic heterocycles. The van der Waals surface area contributed by atoms with E-state index in [-0.39, 0.29) is 24.0 Å². The molecule has 0 saturated carbocycles. The molecule has 0 radical (unpaired) electrons. The molecule has 7 nitrogen and oxygen atoms in total. The van der Waals surface area contributed by atoms with E-state index in [0.29, 0.717) is 10.7 Å². The molecule has 1 rings (SSSR count). The Morgan fingerprint density at radius 1 is 1.56 bits per heavy atom. The first kappa shape index (κ1) is 14.9. The fourth-order valence-electron chi connectivity index (χ4n) is 1.47. The molecule has 0 spiro atoms. The van der Waals surface area contributed by atoms with Crippen molar-refractivity contribution >= 4 is 17.4 Å². The molecule has 0 saturated heterocycles. The topological polar surface area (TPSA) is 101 Å². The Labute approximate surface area is 109 Å². The third-order valence-corrected chi connectivity index (χ3v) is 3.63. The van der Waals surface area contributed by atoms with Crippen molar-refractivity contribution in [3.05, 3.63) is 15.8 Å². The first-order valence-electron chi connectivity index (χ1n) is 5.51. The smallest absolute Gasteiger partial charge is 0.324 e. The Bertz CT molecular complexity index is 433. The van der Waals surface area contributed by atoms with E-state index < -0.39 is 11.0 Å². The summed E-state index contributed by atoms with van der Waals surface area (Å²) in [5.74, 6) is 0.141. The molecule has 0 aliphatic carbocycles. The van der Waals surface area contributed by atoms with Gasteiger partial charge in [-0.1, -0.05) is 25.6 Å². The molecule has 1 unspecified atom stereocenters. The van der Waals surface area contributed by atoms with E-state index in [9.17, 15) is 15.2 Å². The Balaban J connectivity index is 3.06. The molecule has 2 N–H and O–H groups in total. The van der Waals surface area contributed by atoms with E-state index in [4.69, 9.17) is 5.11 Å². The highest BCUT2D eigenvalue weighted by Gasteiger charge is 2.28. The number of aliphatic hydroxyl groups excluding tert-OH is 2. The van der Waals surface area contributed by atoms with Crippen LogP contribution in [0.15, 0.2) is 5.03 Å². The number of thioether (sulfide) groups is 1. The molecule has 0 aliphatic rings. The van der Waals surface area contributed by atoms with Gasteiger partial charge in [-0.15, -0.1) is 0 Å². The van der Waals surface area contributed by atoms with Crippen LogP contribution in [0.25, 0.3) is 0 Å². The largest absolute Gasteiger partial charge is 0.394 e.